The van der Waals surface area contributed by atoms with Gasteiger partial charge in [0.15, 0.2) is 0 Å². The molecule has 0 aliphatic rings. The number of hydrogen-bond acceptors (Lipinski definition) is 3. The van der Waals surface area contributed by atoms with Crippen molar-refractivity contribution in [3.63, 3.8) is 0 Å². The van der Waals surface area contributed by atoms with Crippen molar-refractivity contribution in [3.8, 4) is 33.6 Å². The molecule has 4 nitrogen and oxygen atoms in total. The van der Waals surface area contributed by atoms with E-state index in [0.29, 0.717) is 0 Å². The minimum atomic E-state index is 0.906. The molecule has 0 fully saturated rings. The molecule has 0 unspecified atom stereocenters. The number of nitrogens with zero attached hydrogens (tertiary/aromatic N) is 3. The fourth-order valence-electron chi connectivity index (χ4n) is 8.43. The first kappa shape index (κ1) is 27.7. The summed E-state index contributed by atoms with van der Waals surface area (Å²) in [6, 6.07) is 58.3. The average molecular weight is 662 g/mol. The van der Waals surface area contributed by atoms with Crippen LogP contribution in [0.1, 0.15) is 0 Å². The highest BCUT2D eigenvalue weighted by Gasteiger charge is 2.19. The summed E-state index contributed by atoms with van der Waals surface area (Å²) >= 11 is 0. The highest BCUT2D eigenvalue weighted by Crippen LogP contribution is 2.42. The number of rotatable bonds is 3. The Kier molecular flexibility index (Phi) is 5.47. The summed E-state index contributed by atoms with van der Waals surface area (Å²) in [5, 5.41) is 9.44. The van der Waals surface area contributed by atoms with E-state index in [1.807, 2.05) is 12.1 Å². The third-order valence-electron chi connectivity index (χ3n) is 10.9. The molecule has 0 radical (unpaired) electrons. The standard InChI is InChI=1S/C48H27N3O/c1-4-10-42-34(7-1)38-26-33(27-39-35-8-2-5-11-43(35)51(42)48(38)39)41-23-20-31-18-17-30-19-22-40(49-46(30)47(31)50-41)29-15-13-28(14-16-29)32-21-24-45-37(25-32)36-9-3-6-12-44(36)52-45/h1-27H. The maximum Gasteiger partial charge on any atom is 0.135 e. The van der Waals surface area contributed by atoms with Gasteiger partial charge < -0.3 is 8.82 Å². The fraction of sp³-hybridized carbons (Fsp3) is 0. The smallest absolute Gasteiger partial charge is 0.135 e. The van der Waals surface area contributed by atoms with E-state index in [9.17, 15) is 0 Å². The molecule has 12 rings (SSSR count). The van der Waals surface area contributed by atoms with E-state index in [1.165, 1.54) is 38.1 Å². The quantitative estimate of drug-likeness (QED) is 0.177. The second-order valence-corrected chi connectivity index (χ2v) is 13.8. The van der Waals surface area contributed by atoms with Crippen LogP contribution >= 0.6 is 0 Å². The topological polar surface area (TPSA) is 43.3 Å². The lowest BCUT2D eigenvalue weighted by molar-refractivity contribution is 0.669. The van der Waals surface area contributed by atoms with Gasteiger partial charge in [0.25, 0.3) is 0 Å². The van der Waals surface area contributed by atoms with Crippen LogP contribution < -0.4 is 0 Å². The average Bonchev–Trinajstić information content (AvgIpc) is 3.87. The SMILES string of the molecule is c1ccc2c(c1)oc1ccc(-c3ccc(-c4ccc5ccc6ccc(-c7cc8c9ccccc9n9c%10ccccc%10c(c7)c89)nc6c5n4)cc3)cc12. The molecule has 0 aliphatic heterocycles. The van der Waals surface area contributed by atoms with E-state index < -0.39 is 0 Å². The van der Waals surface area contributed by atoms with E-state index >= 15 is 0 Å². The van der Waals surface area contributed by atoms with Crippen molar-refractivity contribution in [1.82, 2.24) is 14.4 Å². The first-order chi connectivity index (χ1) is 25.7. The van der Waals surface area contributed by atoms with Crippen LogP contribution in [0.15, 0.2) is 168 Å². The van der Waals surface area contributed by atoms with Crippen LogP contribution in [0.5, 0.6) is 0 Å². The van der Waals surface area contributed by atoms with E-state index in [2.05, 4.69) is 156 Å². The van der Waals surface area contributed by atoms with Gasteiger partial charge in [0.2, 0.25) is 0 Å². The molecule has 52 heavy (non-hydrogen) atoms. The predicted octanol–water partition coefficient (Wildman–Crippen LogP) is 12.8. The highest BCUT2D eigenvalue weighted by molar-refractivity contribution is 6.24. The van der Waals surface area contributed by atoms with Gasteiger partial charge in [0, 0.05) is 54.2 Å². The Morgan fingerprint density at radius 2 is 0.865 bits per heavy atom. The summed E-state index contributed by atoms with van der Waals surface area (Å²) < 4.78 is 8.47. The van der Waals surface area contributed by atoms with Gasteiger partial charge in [0.1, 0.15) is 11.2 Å². The number of para-hydroxylation sites is 3. The summed E-state index contributed by atoms with van der Waals surface area (Å²) in [6.45, 7) is 0. The van der Waals surface area contributed by atoms with Crippen LogP contribution in [0.25, 0.3) is 115 Å². The molecular formula is C48H27N3O. The number of benzene rings is 7. The van der Waals surface area contributed by atoms with Gasteiger partial charge in [0.05, 0.1) is 39.0 Å². The Hall–Kier alpha value is -7.04. The van der Waals surface area contributed by atoms with Crippen LogP contribution in [0.3, 0.4) is 0 Å². The van der Waals surface area contributed by atoms with E-state index in [1.54, 1.807) is 0 Å². The molecule has 4 heteroatoms. The molecule has 0 atom stereocenters. The van der Waals surface area contributed by atoms with Crippen molar-refractivity contribution >= 4 is 81.8 Å². The van der Waals surface area contributed by atoms with Gasteiger partial charge >= 0.3 is 0 Å². The number of hydrogen-bond donors (Lipinski definition) is 0. The molecule has 240 valence electrons. The monoisotopic (exact) mass is 661 g/mol. The minimum Gasteiger partial charge on any atom is -0.456 e. The van der Waals surface area contributed by atoms with Gasteiger partial charge in [-0.2, -0.15) is 0 Å². The van der Waals surface area contributed by atoms with Crippen LogP contribution in [0.4, 0.5) is 0 Å². The molecule has 7 aromatic carbocycles. The molecule has 0 saturated heterocycles. The second kappa shape index (κ2) is 10.3. The maximum absolute atomic E-state index is 6.06. The molecule has 0 saturated carbocycles. The Morgan fingerprint density at radius 1 is 0.365 bits per heavy atom. The molecule has 0 N–H and O–H groups in total. The van der Waals surface area contributed by atoms with Crippen molar-refractivity contribution in [2.45, 2.75) is 0 Å². The molecule has 12 aromatic rings. The highest BCUT2D eigenvalue weighted by atomic mass is 16.3. The third kappa shape index (κ3) is 3.86. The fourth-order valence-corrected chi connectivity index (χ4v) is 8.43. The Labute approximate surface area is 297 Å². The van der Waals surface area contributed by atoms with Gasteiger partial charge in [-0.1, -0.05) is 109 Å². The number of furan rings is 1. The molecule has 5 aromatic heterocycles. The lowest BCUT2D eigenvalue weighted by Gasteiger charge is -2.09. The summed E-state index contributed by atoms with van der Waals surface area (Å²) in [6.07, 6.45) is 0. The number of aromatic nitrogens is 3. The summed E-state index contributed by atoms with van der Waals surface area (Å²) in [7, 11) is 0. The molecule has 5 heterocycles. The zero-order valence-electron chi connectivity index (χ0n) is 27.8. The maximum atomic E-state index is 6.06. The van der Waals surface area contributed by atoms with Crippen molar-refractivity contribution in [1.29, 1.82) is 0 Å². The first-order valence-electron chi connectivity index (χ1n) is 17.7. The third-order valence-corrected chi connectivity index (χ3v) is 10.9. The van der Waals surface area contributed by atoms with Crippen LogP contribution in [-0.2, 0) is 0 Å². The Bertz CT molecular complexity index is 3320. The number of pyridine rings is 2. The normalized spacial score (nSPS) is 12.2. The van der Waals surface area contributed by atoms with E-state index in [0.717, 1.165) is 77.4 Å². The Morgan fingerprint density at radius 3 is 1.54 bits per heavy atom. The van der Waals surface area contributed by atoms with Gasteiger partial charge in [-0.15, -0.1) is 0 Å². The van der Waals surface area contributed by atoms with Crippen molar-refractivity contribution in [2.24, 2.45) is 0 Å². The summed E-state index contributed by atoms with van der Waals surface area (Å²) in [5.74, 6) is 0. The Balaban J connectivity index is 0.978. The first-order valence-corrected chi connectivity index (χ1v) is 17.7. The number of fused-ring (bicyclic) bond motifs is 12. The van der Waals surface area contributed by atoms with Crippen molar-refractivity contribution in [3.05, 3.63) is 164 Å². The largest absolute Gasteiger partial charge is 0.456 e. The molecule has 0 bridgehead atoms. The lowest BCUT2D eigenvalue weighted by atomic mass is 10.00. The van der Waals surface area contributed by atoms with Gasteiger partial charge in [-0.05, 0) is 65.7 Å². The van der Waals surface area contributed by atoms with Crippen LogP contribution in [0, 0.1) is 0 Å². The zero-order valence-corrected chi connectivity index (χ0v) is 27.8. The van der Waals surface area contributed by atoms with Crippen molar-refractivity contribution in [2.75, 3.05) is 0 Å². The van der Waals surface area contributed by atoms with E-state index in [4.69, 9.17) is 14.4 Å². The summed E-state index contributed by atoms with van der Waals surface area (Å²) in [4.78, 5) is 10.6. The van der Waals surface area contributed by atoms with Crippen LogP contribution in [0.2, 0.25) is 0 Å². The van der Waals surface area contributed by atoms with Gasteiger partial charge in [-0.3, -0.25) is 0 Å². The lowest BCUT2D eigenvalue weighted by Crippen LogP contribution is -1.91. The molecular weight excluding hydrogens is 635 g/mol. The second-order valence-electron chi connectivity index (χ2n) is 13.8. The molecule has 0 aliphatic carbocycles. The minimum absolute atomic E-state index is 0.906. The molecule has 0 amide bonds. The zero-order chi connectivity index (χ0) is 33.9. The van der Waals surface area contributed by atoms with Gasteiger partial charge in [-0.25, -0.2) is 9.97 Å². The van der Waals surface area contributed by atoms with Crippen LogP contribution in [-0.4, -0.2) is 14.4 Å². The summed E-state index contributed by atoms with van der Waals surface area (Å²) in [5.41, 5.74) is 13.7. The van der Waals surface area contributed by atoms with Crippen molar-refractivity contribution < 1.29 is 4.42 Å². The molecule has 0 spiro atoms. The predicted molar refractivity (Wildman–Crippen MR) is 215 cm³/mol. The van der Waals surface area contributed by atoms with E-state index in [-0.39, 0.29) is 0 Å².